The predicted octanol–water partition coefficient (Wildman–Crippen LogP) is 5.36. The number of rotatable bonds is 7. The van der Waals surface area contributed by atoms with Gasteiger partial charge in [-0.05, 0) is 48.2 Å². The van der Waals surface area contributed by atoms with Gasteiger partial charge < -0.3 is 10.2 Å². The van der Waals surface area contributed by atoms with Crippen LogP contribution in [0.5, 0.6) is 0 Å². The van der Waals surface area contributed by atoms with Crippen molar-refractivity contribution in [2.45, 2.75) is 44.3 Å². The minimum Gasteiger partial charge on any atom is -0.351 e. The minimum atomic E-state index is -0.796. The molecule has 4 nitrogen and oxygen atoms in total. The highest BCUT2D eigenvalue weighted by Gasteiger charge is 2.32. The fourth-order valence-corrected chi connectivity index (χ4v) is 4.06. The summed E-state index contributed by atoms with van der Waals surface area (Å²) in [5.41, 5.74) is 1.55. The molecular weight excluding hydrogens is 431 g/mol. The number of hydrogen-bond acceptors (Lipinski definition) is 2. The van der Waals surface area contributed by atoms with Crippen LogP contribution in [0.15, 0.2) is 48.5 Å². The zero-order valence-corrected chi connectivity index (χ0v) is 18.2. The molecule has 1 atom stereocenters. The van der Waals surface area contributed by atoms with Gasteiger partial charge in [-0.3, -0.25) is 9.59 Å². The third-order valence-corrected chi connectivity index (χ3v) is 5.88. The van der Waals surface area contributed by atoms with E-state index in [9.17, 15) is 9.59 Å². The normalized spacial score (nSPS) is 15.1. The van der Waals surface area contributed by atoms with Gasteiger partial charge in [-0.15, -0.1) is 11.6 Å². The van der Waals surface area contributed by atoms with Crippen molar-refractivity contribution in [3.63, 3.8) is 0 Å². The van der Waals surface area contributed by atoms with Crippen LogP contribution >= 0.6 is 34.8 Å². The molecule has 0 saturated heterocycles. The average Bonchev–Trinajstić information content (AvgIpc) is 3.22. The van der Waals surface area contributed by atoms with E-state index in [2.05, 4.69) is 5.32 Å². The Morgan fingerprint density at radius 2 is 1.52 bits per heavy atom. The molecule has 1 aliphatic rings. The second kappa shape index (κ2) is 10.3. The third kappa shape index (κ3) is 5.88. The van der Waals surface area contributed by atoms with Gasteiger partial charge in [-0.25, -0.2) is 0 Å². The van der Waals surface area contributed by atoms with E-state index in [0.717, 1.165) is 31.2 Å². The molecule has 2 aromatic rings. The number of nitrogens with zero attached hydrogens (tertiary/aromatic N) is 1. The van der Waals surface area contributed by atoms with Crippen LogP contribution in [0, 0.1) is 0 Å². The third-order valence-electron chi connectivity index (χ3n) is 5.15. The van der Waals surface area contributed by atoms with Gasteiger partial charge >= 0.3 is 0 Å². The summed E-state index contributed by atoms with van der Waals surface area (Å²) in [5, 5.41) is 4.29. The van der Waals surface area contributed by atoms with Crippen LogP contribution in [0.2, 0.25) is 10.0 Å². The maximum atomic E-state index is 13.3. The zero-order chi connectivity index (χ0) is 20.8. The van der Waals surface area contributed by atoms with E-state index in [1.807, 2.05) is 12.1 Å². The number of carbonyl (C=O) groups excluding carboxylic acids is 2. The second-order valence-electron chi connectivity index (χ2n) is 7.23. The smallest absolute Gasteiger partial charge is 0.247 e. The van der Waals surface area contributed by atoms with Crippen molar-refractivity contribution in [1.29, 1.82) is 0 Å². The lowest BCUT2D eigenvalue weighted by molar-refractivity contribution is -0.140. The standard InChI is InChI=1S/C22H23Cl3N2O2/c23-13-20(28)27(14-15-5-9-17(24)10-6-15)21(16-7-11-18(25)12-8-16)22(29)26-19-3-1-2-4-19/h5-12,19,21H,1-4,13-14H2,(H,26,29)/t21-/m0/s1. The first-order chi connectivity index (χ1) is 14.0. The van der Waals surface area contributed by atoms with Gasteiger partial charge in [-0.2, -0.15) is 0 Å². The van der Waals surface area contributed by atoms with Gasteiger partial charge in [0, 0.05) is 22.6 Å². The first-order valence-corrected chi connectivity index (χ1v) is 10.9. The van der Waals surface area contributed by atoms with Crippen LogP contribution in [0.3, 0.4) is 0 Å². The molecule has 3 rings (SSSR count). The summed E-state index contributed by atoms with van der Waals surface area (Å²) < 4.78 is 0. The molecule has 1 fully saturated rings. The van der Waals surface area contributed by atoms with Gasteiger partial charge in [0.1, 0.15) is 11.9 Å². The Balaban J connectivity index is 1.94. The lowest BCUT2D eigenvalue weighted by Crippen LogP contribution is -2.46. The molecule has 154 valence electrons. The second-order valence-corrected chi connectivity index (χ2v) is 8.37. The lowest BCUT2D eigenvalue weighted by Gasteiger charge is -2.32. The van der Waals surface area contributed by atoms with Crippen LogP contribution in [-0.2, 0) is 16.1 Å². The van der Waals surface area contributed by atoms with Crippen molar-refractivity contribution in [3.8, 4) is 0 Å². The molecule has 0 aromatic heterocycles. The first-order valence-electron chi connectivity index (χ1n) is 9.63. The summed E-state index contributed by atoms with van der Waals surface area (Å²) in [5.74, 6) is -0.733. The number of amides is 2. The maximum absolute atomic E-state index is 13.3. The molecule has 2 amide bonds. The number of hydrogen-bond donors (Lipinski definition) is 1. The monoisotopic (exact) mass is 452 g/mol. The molecule has 1 aliphatic carbocycles. The van der Waals surface area contributed by atoms with Gasteiger partial charge in [-0.1, -0.05) is 60.3 Å². The first kappa shape index (κ1) is 21.9. The average molecular weight is 454 g/mol. The Kier molecular flexibility index (Phi) is 7.82. The largest absolute Gasteiger partial charge is 0.351 e. The Morgan fingerprint density at radius 3 is 2.07 bits per heavy atom. The summed E-state index contributed by atoms with van der Waals surface area (Å²) >= 11 is 17.9. The van der Waals surface area contributed by atoms with E-state index in [0.29, 0.717) is 15.6 Å². The van der Waals surface area contributed by atoms with E-state index < -0.39 is 6.04 Å². The Labute approximate surface area is 186 Å². The Morgan fingerprint density at radius 1 is 0.966 bits per heavy atom. The molecule has 0 heterocycles. The molecule has 29 heavy (non-hydrogen) atoms. The fourth-order valence-electron chi connectivity index (χ4n) is 3.65. The van der Waals surface area contributed by atoms with Crippen LogP contribution in [0.25, 0.3) is 0 Å². The molecule has 0 radical (unpaired) electrons. The fraction of sp³-hybridized carbons (Fsp3) is 0.364. The highest BCUT2D eigenvalue weighted by atomic mass is 35.5. The molecule has 2 aromatic carbocycles. The molecule has 0 unspecified atom stereocenters. The highest BCUT2D eigenvalue weighted by Crippen LogP contribution is 2.27. The Bertz CT molecular complexity index is 834. The number of carbonyl (C=O) groups is 2. The van der Waals surface area contributed by atoms with Crippen molar-refractivity contribution in [2.75, 3.05) is 5.88 Å². The summed E-state index contributed by atoms with van der Waals surface area (Å²) in [7, 11) is 0. The van der Waals surface area contributed by atoms with E-state index >= 15 is 0 Å². The molecule has 0 spiro atoms. The molecule has 1 saturated carbocycles. The molecular formula is C22H23Cl3N2O2. The minimum absolute atomic E-state index is 0.140. The Hall–Kier alpha value is -1.75. The van der Waals surface area contributed by atoms with Crippen molar-refractivity contribution in [3.05, 3.63) is 69.7 Å². The molecule has 0 aliphatic heterocycles. The van der Waals surface area contributed by atoms with Crippen LogP contribution < -0.4 is 5.32 Å². The van der Waals surface area contributed by atoms with Crippen molar-refractivity contribution < 1.29 is 9.59 Å². The molecule has 7 heteroatoms. The maximum Gasteiger partial charge on any atom is 0.247 e. The van der Waals surface area contributed by atoms with Crippen molar-refractivity contribution in [1.82, 2.24) is 10.2 Å². The van der Waals surface area contributed by atoms with Gasteiger partial charge in [0.05, 0.1) is 0 Å². The number of benzene rings is 2. The zero-order valence-electron chi connectivity index (χ0n) is 15.9. The summed E-state index contributed by atoms with van der Waals surface area (Å²) in [6.45, 7) is 0.244. The van der Waals surface area contributed by atoms with Crippen LogP contribution in [-0.4, -0.2) is 28.6 Å². The van der Waals surface area contributed by atoms with Crippen molar-refractivity contribution >= 4 is 46.6 Å². The highest BCUT2D eigenvalue weighted by molar-refractivity contribution is 6.30. The SMILES string of the molecule is O=C(NC1CCCC1)[C@H](c1ccc(Cl)cc1)N(Cc1ccc(Cl)cc1)C(=O)CCl. The summed E-state index contributed by atoms with van der Waals surface area (Å²) in [6, 6.07) is 13.5. The topological polar surface area (TPSA) is 49.4 Å². The van der Waals surface area contributed by atoms with Crippen LogP contribution in [0.1, 0.15) is 42.9 Å². The quantitative estimate of drug-likeness (QED) is 0.574. The lowest BCUT2D eigenvalue weighted by atomic mass is 10.0. The van der Waals surface area contributed by atoms with Gasteiger partial charge in [0.15, 0.2) is 0 Å². The summed E-state index contributed by atoms with van der Waals surface area (Å²) in [4.78, 5) is 27.6. The van der Waals surface area contributed by atoms with E-state index in [1.165, 1.54) is 4.90 Å². The van der Waals surface area contributed by atoms with E-state index in [-0.39, 0.29) is 30.3 Å². The van der Waals surface area contributed by atoms with Gasteiger partial charge in [0.25, 0.3) is 0 Å². The van der Waals surface area contributed by atoms with Crippen LogP contribution in [0.4, 0.5) is 0 Å². The van der Waals surface area contributed by atoms with E-state index in [4.69, 9.17) is 34.8 Å². The van der Waals surface area contributed by atoms with E-state index in [1.54, 1.807) is 36.4 Å². The molecule has 1 N–H and O–H groups in total. The predicted molar refractivity (Wildman–Crippen MR) is 117 cm³/mol. The number of alkyl halides is 1. The molecule has 0 bridgehead atoms. The van der Waals surface area contributed by atoms with Gasteiger partial charge in [0.2, 0.25) is 11.8 Å². The van der Waals surface area contributed by atoms with Crippen molar-refractivity contribution in [2.24, 2.45) is 0 Å². The number of nitrogens with one attached hydrogen (secondary N) is 1. The number of halogens is 3. The summed E-state index contributed by atoms with van der Waals surface area (Å²) in [6.07, 6.45) is 4.12.